The lowest BCUT2D eigenvalue weighted by molar-refractivity contribution is -0.118. The Kier molecular flexibility index (Phi) is 7.22. The molecule has 1 atom stereocenters. The summed E-state index contributed by atoms with van der Waals surface area (Å²) in [7, 11) is -3.71. The monoisotopic (exact) mass is 437 g/mol. The molecule has 0 bridgehead atoms. The van der Waals surface area contributed by atoms with Gasteiger partial charge in [-0.1, -0.05) is 48.5 Å². The van der Waals surface area contributed by atoms with Gasteiger partial charge in [-0.3, -0.25) is 4.79 Å². The predicted octanol–water partition coefficient (Wildman–Crippen LogP) is 3.46. The lowest BCUT2D eigenvalue weighted by Crippen LogP contribution is -2.34. The van der Waals surface area contributed by atoms with Gasteiger partial charge >= 0.3 is 0 Å². The topological polar surface area (TPSA) is 101 Å². The summed E-state index contributed by atoms with van der Waals surface area (Å²) in [5.41, 5.74) is 4.75. The van der Waals surface area contributed by atoms with Gasteiger partial charge in [0.25, 0.3) is 0 Å². The van der Waals surface area contributed by atoms with Gasteiger partial charge in [0, 0.05) is 12.2 Å². The summed E-state index contributed by atoms with van der Waals surface area (Å²) >= 11 is 0. The van der Waals surface area contributed by atoms with Gasteiger partial charge in [-0.15, -0.1) is 0 Å². The Hall–Kier alpha value is -3.00. The fourth-order valence-electron chi connectivity index (χ4n) is 3.48. The van der Waals surface area contributed by atoms with Gasteiger partial charge in [0.15, 0.2) is 0 Å². The van der Waals surface area contributed by atoms with Gasteiger partial charge in [-0.05, 0) is 66.8 Å². The third kappa shape index (κ3) is 6.49. The molecule has 7 heteroatoms. The second kappa shape index (κ2) is 9.87. The summed E-state index contributed by atoms with van der Waals surface area (Å²) in [4.78, 5) is 13.2. The third-order valence-electron chi connectivity index (χ3n) is 4.90. The highest BCUT2D eigenvalue weighted by Crippen LogP contribution is 2.19. The summed E-state index contributed by atoms with van der Waals surface area (Å²) in [6.45, 7) is 4.53. The van der Waals surface area contributed by atoms with Gasteiger partial charge < -0.3 is 10.6 Å². The van der Waals surface area contributed by atoms with Gasteiger partial charge in [-0.2, -0.15) is 0 Å². The van der Waals surface area contributed by atoms with Crippen LogP contribution in [0.3, 0.4) is 0 Å². The number of benzene rings is 3. The minimum atomic E-state index is -3.71. The molecule has 0 aromatic heterocycles. The Morgan fingerprint density at radius 2 is 1.55 bits per heavy atom. The third-order valence-corrected chi connectivity index (χ3v) is 5.83. The zero-order chi connectivity index (χ0) is 22.4. The Morgan fingerprint density at radius 1 is 0.935 bits per heavy atom. The molecule has 1 unspecified atom stereocenters. The van der Waals surface area contributed by atoms with E-state index in [0.29, 0.717) is 13.0 Å². The number of sulfonamides is 1. The van der Waals surface area contributed by atoms with Crippen molar-refractivity contribution in [3.63, 3.8) is 0 Å². The van der Waals surface area contributed by atoms with Crippen LogP contribution in [0, 0.1) is 13.8 Å². The second-order valence-corrected chi connectivity index (χ2v) is 9.16. The van der Waals surface area contributed by atoms with Crippen molar-refractivity contribution in [2.75, 3.05) is 11.9 Å². The minimum absolute atomic E-state index is 0.0826. The molecule has 0 radical (unpaired) electrons. The van der Waals surface area contributed by atoms with E-state index in [1.807, 2.05) is 56.3 Å². The van der Waals surface area contributed by atoms with Crippen LogP contribution in [0.1, 0.15) is 28.3 Å². The van der Waals surface area contributed by atoms with E-state index in [0.717, 1.165) is 27.9 Å². The lowest BCUT2D eigenvalue weighted by atomic mass is 10.0. The molecule has 0 heterocycles. The Bertz CT molecular complexity index is 1120. The molecule has 4 N–H and O–H groups in total. The number of anilines is 1. The number of aryl methyl sites for hydroxylation is 2. The summed E-state index contributed by atoms with van der Waals surface area (Å²) in [5.74, 6) is -0.138. The number of hydrogen-bond acceptors (Lipinski definition) is 4. The second-order valence-electron chi connectivity index (χ2n) is 7.60. The molecule has 31 heavy (non-hydrogen) atoms. The molecular weight excluding hydrogens is 410 g/mol. The van der Waals surface area contributed by atoms with E-state index in [4.69, 9.17) is 5.14 Å². The van der Waals surface area contributed by atoms with E-state index in [2.05, 4.69) is 16.7 Å². The first-order chi connectivity index (χ1) is 14.7. The predicted molar refractivity (Wildman–Crippen MR) is 123 cm³/mol. The zero-order valence-electron chi connectivity index (χ0n) is 17.6. The number of amides is 1. The molecule has 0 spiro atoms. The molecule has 3 aromatic carbocycles. The van der Waals surface area contributed by atoms with Crippen LogP contribution in [-0.4, -0.2) is 20.9 Å². The molecule has 1 amide bonds. The number of primary sulfonamides is 1. The van der Waals surface area contributed by atoms with Gasteiger partial charge in [-0.25, -0.2) is 13.6 Å². The van der Waals surface area contributed by atoms with E-state index in [1.165, 1.54) is 12.1 Å². The fourth-order valence-corrected chi connectivity index (χ4v) is 3.99. The van der Waals surface area contributed by atoms with Crippen LogP contribution in [-0.2, 0) is 21.2 Å². The van der Waals surface area contributed by atoms with Crippen molar-refractivity contribution in [3.05, 3.63) is 95.1 Å². The molecule has 0 aliphatic rings. The largest absolute Gasteiger partial charge is 0.324 e. The van der Waals surface area contributed by atoms with Crippen molar-refractivity contribution in [1.82, 2.24) is 5.32 Å². The summed E-state index contributed by atoms with van der Waals surface area (Å²) in [6, 6.07) is 21.4. The van der Waals surface area contributed by atoms with Gasteiger partial charge in [0.2, 0.25) is 15.9 Å². The number of carbonyl (C=O) groups excluding carboxylic acids is 1. The molecule has 0 saturated carbocycles. The standard InChI is InChI=1S/C24H27N3O3S/c1-17-14-18(2)16-21(15-17)27-24(28)23(20-6-4-3-5-7-20)26-13-12-19-8-10-22(11-9-19)31(25,29)30/h3-11,14-16,23,26H,12-13H2,1-2H3,(H,27,28)(H2,25,29,30). The van der Waals surface area contributed by atoms with E-state index in [1.54, 1.807) is 12.1 Å². The van der Waals surface area contributed by atoms with Crippen LogP contribution in [0.5, 0.6) is 0 Å². The van der Waals surface area contributed by atoms with Crippen molar-refractivity contribution in [3.8, 4) is 0 Å². The lowest BCUT2D eigenvalue weighted by Gasteiger charge is -2.19. The maximum Gasteiger partial charge on any atom is 0.246 e. The first-order valence-electron chi connectivity index (χ1n) is 10.0. The number of hydrogen-bond donors (Lipinski definition) is 3. The highest BCUT2D eigenvalue weighted by atomic mass is 32.2. The summed E-state index contributed by atoms with van der Waals surface area (Å²) in [5, 5.41) is 11.5. The van der Waals surface area contributed by atoms with E-state index < -0.39 is 16.1 Å². The normalized spacial score (nSPS) is 12.4. The average molecular weight is 438 g/mol. The average Bonchev–Trinajstić information content (AvgIpc) is 2.70. The molecule has 6 nitrogen and oxygen atoms in total. The molecule has 0 fully saturated rings. The van der Waals surface area contributed by atoms with Gasteiger partial charge in [0.05, 0.1) is 4.90 Å². The fraction of sp³-hybridized carbons (Fsp3) is 0.208. The molecule has 0 aliphatic heterocycles. The van der Waals surface area contributed by atoms with Crippen molar-refractivity contribution in [2.45, 2.75) is 31.2 Å². The Labute approximate surface area is 183 Å². The molecule has 162 valence electrons. The van der Waals surface area contributed by atoms with Crippen molar-refractivity contribution in [1.29, 1.82) is 0 Å². The zero-order valence-corrected chi connectivity index (χ0v) is 18.4. The van der Waals surface area contributed by atoms with Crippen LogP contribution in [0.2, 0.25) is 0 Å². The molecule has 0 aliphatic carbocycles. The van der Waals surface area contributed by atoms with Crippen molar-refractivity contribution in [2.24, 2.45) is 5.14 Å². The SMILES string of the molecule is Cc1cc(C)cc(NC(=O)C(NCCc2ccc(S(N)(=O)=O)cc2)c2ccccc2)c1. The highest BCUT2D eigenvalue weighted by molar-refractivity contribution is 7.89. The smallest absolute Gasteiger partial charge is 0.246 e. The van der Waals surface area contributed by atoms with E-state index >= 15 is 0 Å². The minimum Gasteiger partial charge on any atom is -0.324 e. The van der Waals surface area contributed by atoms with E-state index in [-0.39, 0.29) is 10.8 Å². The summed E-state index contributed by atoms with van der Waals surface area (Å²) < 4.78 is 22.8. The summed E-state index contributed by atoms with van der Waals surface area (Å²) in [6.07, 6.45) is 0.630. The van der Waals surface area contributed by atoms with Crippen LogP contribution in [0.15, 0.2) is 77.7 Å². The van der Waals surface area contributed by atoms with E-state index in [9.17, 15) is 13.2 Å². The van der Waals surface area contributed by atoms with Crippen molar-refractivity contribution < 1.29 is 13.2 Å². The quantitative estimate of drug-likeness (QED) is 0.502. The van der Waals surface area contributed by atoms with Crippen LogP contribution >= 0.6 is 0 Å². The maximum absolute atomic E-state index is 13.1. The van der Waals surface area contributed by atoms with Gasteiger partial charge in [0.1, 0.15) is 6.04 Å². The van der Waals surface area contributed by atoms with Crippen LogP contribution < -0.4 is 15.8 Å². The first-order valence-corrected chi connectivity index (χ1v) is 11.6. The number of nitrogens with one attached hydrogen (secondary N) is 2. The Balaban J connectivity index is 1.70. The first kappa shape index (κ1) is 22.7. The van der Waals surface area contributed by atoms with Crippen molar-refractivity contribution >= 4 is 21.6 Å². The number of nitrogens with two attached hydrogens (primary N) is 1. The molecule has 0 saturated heterocycles. The number of carbonyl (C=O) groups is 1. The molecule has 3 aromatic rings. The van der Waals surface area contributed by atoms with Crippen LogP contribution in [0.25, 0.3) is 0 Å². The maximum atomic E-state index is 13.1. The van der Waals surface area contributed by atoms with Crippen LogP contribution in [0.4, 0.5) is 5.69 Å². The number of rotatable bonds is 8. The Morgan fingerprint density at radius 3 is 2.13 bits per heavy atom. The molecule has 3 rings (SSSR count). The molecular formula is C24H27N3O3S. The highest BCUT2D eigenvalue weighted by Gasteiger charge is 2.20.